The summed E-state index contributed by atoms with van der Waals surface area (Å²) in [5.41, 5.74) is 2.22. The number of benzene rings is 2. The molecule has 2 rings (SSSR count). The van der Waals surface area contributed by atoms with Crippen molar-refractivity contribution in [3.05, 3.63) is 58.1 Å². The molecule has 0 spiro atoms. The third-order valence-electron chi connectivity index (χ3n) is 2.90. The Morgan fingerprint density at radius 2 is 1.84 bits per heavy atom. The predicted octanol–water partition coefficient (Wildman–Crippen LogP) is 5.89. The first-order valence-electron chi connectivity index (χ1n) is 5.95. The predicted molar refractivity (Wildman–Crippen MR) is 86.7 cm³/mol. The minimum atomic E-state index is 0.173. The molecule has 0 saturated heterocycles. The minimum absolute atomic E-state index is 0.173. The molecular weight excluding hydrogens is 297 g/mol. The molecule has 1 unspecified atom stereocenters. The van der Waals surface area contributed by atoms with E-state index in [0.29, 0.717) is 10.0 Å². The minimum Gasteiger partial charge on any atom is -0.378 e. The first-order valence-corrected chi connectivity index (χ1v) is 7.94. The molecule has 0 aromatic heterocycles. The molecule has 2 aromatic carbocycles. The highest BCUT2D eigenvalue weighted by Gasteiger charge is 2.07. The van der Waals surface area contributed by atoms with Crippen LogP contribution >= 0.6 is 35.0 Å². The van der Waals surface area contributed by atoms with Crippen molar-refractivity contribution < 1.29 is 0 Å². The first-order chi connectivity index (χ1) is 9.10. The van der Waals surface area contributed by atoms with Crippen molar-refractivity contribution in [3.63, 3.8) is 0 Å². The molecule has 100 valence electrons. The number of rotatable bonds is 4. The number of anilines is 1. The van der Waals surface area contributed by atoms with Gasteiger partial charge < -0.3 is 5.32 Å². The zero-order chi connectivity index (χ0) is 13.8. The van der Waals surface area contributed by atoms with Gasteiger partial charge in [-0.2, -0.15) is 0 Å². The van der Waals surface area contributed by atoms with Crippen molar-refractivity contribution in [3.8, 4) is 0 Å². The summed E-state index contributed by atoms with van der Waals surface area (Å²) in [6.45, 7) is 2.10. The van der Waals surface area contributed by atoms with Crippen LogP contribution in [0.3, 0.4) is 0 Å². The Morgan fingerprint density at radius 3 is 2.53 bits per heavy atom. The second-order valence-corrected chi connectivity index (χ2v) is 5.97. The number of thioether (sulfide) groups is 1. The van der Waals surface area contributed by atoms with Crippen LogP contribution in [0.4, 0.5) is 5.69 Å². The fraction of sp³-hybridized carbons (Fsp3) is 0.200. The van der Waals surface area contributed by atoms with Crippen molar-refractivity contribution in [2.45, 2.75) is 17.9 Å². The molecule has 0 amide bonds. The molecule has 0 aliphatic rings. The molecule has 1 N–H and O–H groups in total. The Morgan fingerprint density at radius 1 is 1.05 bits per heavy atom. The zero-order valence-electron chi connectivity index (χ0n) is 10.8. The van der Waals surface area contributed by atoms with E-state index in [2.05, 4.69) is 42.8 Å². The van der Waals surface area contributed by atoms with Crippen LogP contribution in [-0.2, 0) is 0 Å². The number of nitrogens with one attached hydrogen (secondary N) is 1. The van der Waals surface area contributed by atoms with Gasteiger partial charge in [-0.05, 0) is 49.1 Å². The van der Waals surface area contributed by atoms with Crippen LogP contribution in [0.2, 0.25) is 10.0 Å². The summed E-state index contributed by atoms with van der Waals surface area (Å²) in [4.78, 5) is 1.24. The smallest absolute Gasteiger partial charge is 0.0595 e. The van der Waals surface area contributed by atoms with E-state index in [-0.39, 0.29) is 6.04 Å². The highest BCUT2D eigenvalue weighted by molar-refractivity contribution is 7.98. The van der Waals surface area contributed by atoms with Crippen LogP contribution in [-0.4, -0.2) is 6.26 Å². The summed E-state index contributed by atoms with van der Waals surface area (Å²) in [5.74, 6) is 0. The van der Waals surface area contributed by atoms with Crippen LogP contribution in [0.1, 0.15) is 18.5 Å². The lowest BCUT2D eigenvalue weighted by molar-refractivity contribution is 0.884. The number of halogens is 2. The lowest BCUT2D eigenvalue weighted by Gasteiger charge is -2.16. The van der Waals surface area contributed by atoms with Crippen molar-refractivity contribution >= 4 is 40.7 Å². The fourth-order valence-corrected chi connectivity index (χ4v) is 2.59. The SMILES string of the molecule is CSc1cccc(NC(C)c2ccc(Cl)c(Cl)c2)c1. The summed E-state index contributed by atoms with van der Waals surface area (Å²) in [6.07, 6.45) is 2.07. The summed E-state index contributed by atoms with van der Waals surface area (Å²) >= 11 is 13.7. The van der Waals surface area contributed by atoms with E-state index in [9.17, 15) is 0 Å². The quantitative estimate of drug-likeness (QED) is 0.707. The zero-order valence-corrected chi connectivity index (χ0v) is 13.1. The Balaban J connectivity index is 2.15. The van der Waals surface area contributed by atoms with Crippen LogP contribution in [0, 0.1) is 0 Å². The Bertz CT molecular complexity index is 572. The lowest BCUT2D eigenvalue weighted by atomic mass is 10.1. The molecule has 0 saturated carbocycles. The molecule has 0 aliphatic carbocycles. The number of hydrogen-bond donors (Lipinski definition) is 1. The topological polar surface area (TPSA) is 12.0 Å². The highest BCUT2D eigenvalue weighted by atomic mass is 35.5. The first kappa shape index (κ1) is 14.6. The van der Waals surface area contributed by atoms with Gasteiger partial charge in [-0.3, -0.25) is 0 Å². The van der Waals surface area contributed by atoms with Gasteiger partial charge in [0.1, 0.15) is 0 Å². The average molecular weight is 312 g/mol. The van der Waals surface area contributed by atoms with Crippen molar-refractivity contribution in [1.29, 1.82) is 0 Å². The summed E-state index contributed by atoms with van der Waals surface area (Å²) < 4.78 is 0. The van der Waals surface area contributed by atoms with E-state index in [0.717, 1.165) is 11.3 Å². The fourth-order valence-electron chi connectivity index (χ4n) is 1.83. The van der Waals surface area contributed by atoms with Crippen molar-refractivity contribution in [1.82, 2.24) is 0 Å². The van der Waals surface area contributed by atoms with E-state index >= 15 is 0 Å². The van der Waals surface area contributed by atoms with Crippen molar-refractivity contribution in [2.75, 3.05) is 11.6 Å². The molecule has 0 heterocycles. The van der Waals surface area contributed by atoms with Gasteiger partial charge in [-0.1, -0.05) is 35.3 Å². The highest BCUT2D eigenvalue weighted by Crippen LogP contribution is 2.28. The summed E-state index contributed by atoms with van der Waals surface area (Å²) in [7, 11) is 0. The van der Waals surface area contributed by atoms with Gasteiger partial charge in [0.15, 0.2) is 0 Å². The van der Waals surface area contributed by atoms with Gasteiger partial charge in [0.2, 0.25) is 0 Å². The largest absolute Gasteiger partial charge is 0.378 e. The monoisotopic (exact) mass is 311 g/mol. The van der Waals surface area contributed by atoms with Crippen LogP contribution in [0.5, 0.6) is 0 Å². The normalized spacial score (nSPS) is 12.2. The second kappa shape index (κ2) is 6.56. The number of hydrogen-bond acceptors (Lipinski definition) is 2. The van der Waals surface area contributed by atoms with E-state index in [1.165, 1.54) is 4.90 Å². The van der Waals surface area contributed by atoms with Gasteiger partial charge in [0.25, 0.3) is 0 Å². The maximum atomic E-state index is 6.05. The molecule has 0 radical (unpaired) electrons. The van der Waals surface area contributed by atoms with Crippen LogP contribution in [0.25, 0.3) is 0 Å². The molecular formula is C15H15Cl2NS. The second-order valence-electron chi connectivity index (χ2n) is 4.27. The molecule has 0 fully saturated rings. The Hall–Kier alpha value is -0.830. The third-order valence-corrected chi connectivity index (χ3v) is 4.36. The van der Waals surface area contributed by atoms with E-state index in [1.807, 2.05) is 18.2 Å². The van der Waals surface area contributed by atoms with Gasteiger partial charge in [0.05, 0.1) is 10.0 Å². The molecule has 19 heavy (non-hydrogen) atoms. The van der Waals surface area contributed by atoms with Gasteiger partial charge in [-0.25, -0.2) is 0 Å². The summed E-state index contributed by atoms with van der Waals surface area (Å²) in [5, 5.41) is 4.64. The van der Waals surface area contributed by atoms with Crippen LogP contribution in [0.15, 0.2) is 47.4 Å². The van der Waals surface area contributed by atoms with E-state index in [4.69, 9.17) is 23.2 Å². The van der Waals surface area contributed by atoms with Gasteiger partial charge in [-0.15, -0.1) is 11.8 Å². The molecule has 4 heteroatoms. The standard InChI is InChI=1S/C15H15Cl2NS/c1-10(11-6-7-14(16)15(17)8-11)18-12-4-3-5-13(9-12)19-2/h3-10,18H,1-2H3. The summed E-state index contributed by atoms with van der Waals surface area (Å²) in [6, 6.07) is 14.2. The molecule has 2 aromatic rings. The maximum absolute atomic E-state index is 6.05. The van der Waals surface area contributed by atoms with Gasteiger partial charge >= 0.3 is 0 Å². The third kappa shape index (κ3) is 3.82. The van der Waals surface area contributed by atoms with Gasteiger partial charge in [0, 0.05) is 16.6 Å². The lowest BCUT2D eigenvalue weighted by Crippen LogP contribution is -2.06. The van der Waals surface area contributed by atoms with E-state index < -0.39 is 0 Å². The average Bonchev–Trinajstić information content (AvgIpc) is 2.42. The van der Waals surface area contributed by atoms with E-state index in [1.54, 1.807) is 11.8 Å². The molecule has 1 nitrogen and oxygen atoms in total. The maximum Gasteiger partial charge on any atom is 0.0595 e. The Kier molecular flexibility index (Phi) is 5.03. The molecule has 0 bridgehead atoms. The van der Waals surface area contributed by atoms with Crippen molar-refractivity contribution in [2.24, 2.45) is 0 Å². The molecule has 0 aliphatic heterocycles. The Labute approximate surface area is 128 Å². The van der Waals surface area contributed by atoms with Crippen LogP contribution < -0.4 is 5.32 Å². The molecule has 1 atom stereocenters.